The first-order valence-corrected chi connectivity index (χ1v) is 6.06. The Morgan fingerprint density at radius 3 is 2.28 bits per heavy atom. The molecule has 4 aromatic carbocycles. The fourth-order valence-corrected chi connectivity index (χ4v) is 2.71. The lowest BCUT2D eigenvalue weighted by molar-refractivity contribution is 1.76. The van der Waals surface area contributed by atoms with Crippen LogP contribution in [-0.4, -0.2) is 0 Å². The number of rotatable bonds is 0. The fourth-order valence-electron chi connectivity index (χ4n) is 2.71. The molecule has 0 amide bonds. The molecule has 0 aliphatic carbocycles. The minimum absolute atomic E-state index is 1.19. The smallest absolute Gasteiger partial charge is 0.00201 e. The molecule has 0 atom stereocenters. The average molecular weight is 226 g/mol. The van der Waals surface area contributed by atoms with Crippen molar-refractivity contribution in [1.29, 1.82) is 0 Å². The van der Waals surface area contributed by atoms with Gasteiger partial charge in [0.25, 0.3) is 0 Å². The molecule has 0 bridgehead atoms. The molecule has 0 unspecified atom stereocenters. The van der Waals surface area contributed by atoms with E-state index >= 15 is 0 Å². The lowest BCUT2D eigenvalue weighted by Crippen LogP contribution is -1.82. The summed E-state index contributed by atoms with van der Waals surface area (Å²) in [6.07, 6.45) is 0. The van der Waals surface area contributed by atoms with E-state index in [1.165, 1.54) is 32.3 Å². The van der Waals surface area contributed by atoms with Crippen LogP contribution in [0.2, 0.25) is 0 Å². The van der Waals surface area contributed by atoms with E-state index in [0.717, 1.165) is 0 Å². The largest absolute Gasteiger partial charge is 0.0616 e. The summed E-state index contributed by atoms with van der Waals surface area (Å²) in [6.45, 7) is 0. The van der Waals surface area contributed by atoms with E-state index in [4.69, 9.17) is 0 Å². The van der Waals surface area contributed by atoms with Crippen LogP contribution in [0.4, 0.5) is 0 Å². The second-order valence-electron chi connectivity index (χ2n) is 4.48. The van der Waals surface area contributed by atoms with Gasteiger partial charge in [0, 0.05) is 0 Å². The highest BCUT2D eigenvalue weighted by Crippen LogP contribution is 2.33. The van der Waals surface area contributed by atoms with E-state index in [1.807, 2.05) is 18.2 Å². The van der Waals surface area contributed by atoms with Crippen LogP contribution >= 0.6 is 0 Å². The molecule has 0 aliphatic heterocycles. The maximum atomic E-state index is 3.37. The molecule has 0 heteroatoms. The van der Waals surface area contributed by atoms with Gasteiger partial charge in [0.1, 0.15) is 0 Å². The second kappa shape index (κ2) is 3.58. The third-order valence-electron chi connectivity index (χ3n) is 3.50. The van der Waals surface area contributed by atoms with Crippen molar-refractivity contribution in [3.05, 3.63) is 72.8 Å². The van der Waals surface area contributed by atoms with Crippen molar-refractivity contribution in [2.24, 2.45) is 0 Å². The first-order valence-electron chi connectivity index (χ1n) is 6.06. The molecule has 0 saturated heterocycles. The van der Waals surface area contributed by atoms with Gasteiger partial charge in [-0.15, -0.1) is 0 Å². The highest BCUT2D eigenvalue weighted by Gasteiger charge is 2.06. The second-order valence-corrected chi connectivity index (χ2v) is 4.48. The summed E-state index contributed by atoms with van der Waals surface area (Å²) in [6, 6.07) is 27.5. The third kappa shape index (κ3) is 1.20. The van der Waals surface area contributed by atoms with Gasteiger partial charge in [-0.2, -0.15) is 0 Å². The Labute approximate surface area is 105 Å². The van der Waals surface area contributed by atoms with Gasteiger partial charge in [0.05, 0.1) is 0 Å². The molecule has 0 aliphatic rings. The van der Waals surface area contributed by atoms with Crippen LogP contribution in [0.1, 0.15) is 0 Å². The van der Waals surface area contributed by atoms with Crippen molar-refractivity contribution < 1.29 is 0 Å². The van der Waals surface area contributed by atoms with Gasteiger partial charge >= 0.3 is 0 Å². The van der Waals surface area contributed by atoms with Crippen molar-refractivity contribution >= 4 is 32.3 Å². The molecule has 4 aromatic rings. The van der Waals surface area contributed by atoms with Gasteiger partial charge in [-0.1, -0.05) is 54.6 Å². The molecule has 0 aromatic heterocycles. The monoisotopic (exact) mass is 226 g/mol. The summed E-state index contributed by atoms with van der Waals surface area (Å²) in [7, 11) is 0. The van der Waals surface area contributed by atoms with Crippen LogP contribution in [0.25, 0.3) is 32.3 Å². The number of fused-ring (bicyclic) bond motifs is 6. The minimum atomic E-state index is 1.19. The van der Waals surface area contributed by atoms with Crippen molar-refractivity contribution in [3.63, 3.8) is 0 Å². The zero-order valence-electron chi connectivity index (χ0n) is 9.77. The van der Waals surface area contributed by atoms with Crippen LogP contribution < -0.4 is 0 Å². The van der Waals surface area contributed by atoms with E-state index in [2.05, 4.69) is 54.6 Å². The van der Waals surface area contributed by atoms with E-state index in [-0.39, 0.29) is 0 Å². The number of hydrogen-bond acceptors (Lipinski definition) is 0. The summed E-state index contributed by atoms with van der Waals surface area (Å²) >= 11 is 0. The lowest BCUT2D eigenvalue weighted by atomic mass is 9.95. The van der Waals surface area contributed by atoms with Gasteiger partial charge in [0.2, 0.25) is 0 Å². The minimum Gasteiger partial charge on any atom is -0.0616 e. The summed E-state index contributed by atoms with van der Waals surface area (Å²) in [5.74, 6) is 0. The van der Waals surface area contributed by atoms with Gasteiger partial charge in [0.15, 0.2) is 0 Å². The first-order chi connectivity index (χ1) is 8.95. The normalized spacial score (nSPS) is 11.3. The maximum Gasteiger partial charge on any atom is -0.00201 e. The zero-order valence-corrected chi connectivity index (χ0v) is 9.77. The third-order valence-corrected chi connectivity index (χ3v) is 3.50. The Kier molecular flexibility index (Phi) is 1.92. The summed E-state index contributed by atoms with van der Waals surface area (Å²) < 4.78 is 0. The summed E-state index contributed by atoms with van der Waals surface area (Å²) in [5.41, 5.74) is 0. The summed E-state index contributed by atoms with van der Waals surface area (Å²) in [4.78, 5) is 0. The van der Waals surface area contributed by atoms with Crippen LogP contribution in [0.5, 0.6) is 0 Å². The molecular weight excluding hydrogens is 216 g/mol. The Balaban J connectivity index is 2.46. The van der Waals surface area contributed by atoms with E-state index in [1.54, 1.807) is 0 Å². The van der Waals surface area contributed by atoms with Crippen molar-refractivity contribution in [2.75, 3.05) is 0 Å². The van der Waals surface area contributed by atoms with Crippen LogP contribution in [-0.2, 0) is 0 Å². The molecule has 2 radical (unpaired) electrons. The van der Waals surface area contributed by atoms with Crippen LogP contribution in [0.15, 0.2) is 60.7 Å². The maximum absolute atomic E-state index is 3.37. The highest BCUT2D eigenvalue weighted by molar-refractivity contribution is 6.24. The van der Waals surface area contributed by atoms with Crippen molar-refractivity contribution in [2.45, 2.75) is 0 Å². The SMILES string of the molecule is [c]1ccc2c(c1)c1ccc[c]c1c1ccccc12. The van der Waals surface area contributed by atoms with Crippen molar-refractivity contribution in [3.8, 4) is 0 Å². The van der Waals surface area contributed by atoms with Gasteiger partial charge < -0.3 is 0 Å². The van der Waals surface area contributed by atoms with E-state index in [0.29, 0.717) is 0 Å². The molecule has 0 saturated carbocycles. The molecule has 0 spiro atoms. The Morgan fingerprint density at radius 1 is 0.611 bits per heavy atom. The lowest BCUT2D eigenvalue weighted by Gasteiger charge is -2.09. The highest BCUT2D eigenvalue weighted by atomic mass is 14.1. The molecule has 82 valence electrons. The quantitative estimate of drug-likeness (QED) is 0.380. The predicted molar refractivity (Wildman–Crippen MR) is 76.6 cm³/mol. The molecule has 4 rings (SSSR count). The standard InChI is InChI=1S/C18H10/c1-2-8-14-13(7-1)15-9-3-4-11-17(15)18-12-6-5-10-16(14)18/h1-5,7-8,10-12H. The fraction of sp³-hybridized carbons (Fsp3) is 0. The Hall–Kier alpha value is -2.34. The van der Waals surface area contributed by atoms with Crippen LogP contribution in [0, 0.1) is 12.1 Å². The number of benzene rings is 4. The molecule has 0 nitrogen and oxygen atoms in total. The summed E-state index contributed by atoms with van der Waals surface area (Å²) in [5, 5.41) is 7.55. The molecular formula is C18H10. The molecule has 0 N–H and O–H groups in total. The first kappa shape index (κ1) is 9.67. The predicted octanol–water partition coefficient (Wildman–Crippen LogP) is 4.75. The average Bonchev–Trinajstić information content (AvgIpc) is 2.48. The van der Waals surface area contributed by atoms with Gasteiger partial charge in [-0.3, -0.25) is 0 Å². The van der Waals surface area contributed by atoms with Crippen LogP contribution in [0.3, 0.4) is 0 Å². The molecule has 0 fully saturated rings. The van der Waals surface area contributed by atoms with Crippen molar-refractivity contribution in [1.82, 2.24) is 0 Å². The van der Waals surface area contributed by atoms with E-state index < -0.39 is 0 Å². The molecule has 18 heavy (non-hydrogen) atoms. The zero-order chi connectivity index (χ0) is 11.9. The Bertz CT molecular complexity index is 652. The van der Waals surface area contributed by atoms with Gasteiger partial charge in [-0.05, 0) is 50.5 Å². The topological polar surface area (TPSA) is 0 Å². The van der Waals surface area contributed by atoms with E-state index in [9.17, 15) is 0 Å². The Morgan fingerprint density at radius 2 is 1.33 bits per heavy atom. The van der Waals surface area contributed by atoms with Gasteiger partial charge in [-0.25, -0.2) is 0 Å². The number of hydrogen-bond donors (Lipinski definition) is 0. The molecule has 0 heterocycles.